The summed E-state index contributed by atoms with van der Waals surface area (Å²) in [5.41, 5.74) is 0. The number of halogens is 1. The highest BCUT2D eigenvalue weighted by Gasteiger charge is 2.16. The molecule has 0 radical (unpaired) electrons. The van der Waals surface area contributed by atoms with E-state index in [1.165, 1.54) is 0 Å². The van der Waals surface area contributed by atoms with Crippen LogP contribution in [0.5, 0.6) is 0 Å². The lowest BCUT2D eigenvalue weighted by Crippen LogP contribution is -2.44. The first-order chi connectivity index (χ1) is 6.25. The first-order valence-electron chi connectivity index (χ1n) is 4.30. The van der Waals surface area contributed by atoms with Crippen molar-refractivity contribution >= 4 is 28.1 Å². The van der Waals surface area contributed by atoms with Crippen molar-refractivity contribution in [3.63, 3.8) is 0 Å². The van der Waals surface area contributed by atoms with Crippen LogP contribution in [0.2, 0.25) is 4.34 Å². The van der Waals surface area contributed by atoms with E-state index in [4.69, 9.17) is 11.6 Å². The zero-order valence-electron chi connectivity index (χ0n) is 7.53. The maximum Gasteiger partial charge on any atom is 0.186 e. The van der Waals surface area contributed by atoms with Crippen LogP contribution in [0.1, 0.15) is 0 Å². The van der Waals surface area contributed by atoms with E-state index in [-0.39, 0.29) is 0 Å². The number of piperazine rings is 1. The van der Waals surface area contributed by atoms with E-state index in [0.717, 1.165) is 35.6 Å². The van der Waals surface area contributed by atoms with Crippen molar-refractivity contribution in [2.24, 2.45) is 0 Å². The van der Waals surface area contributed by atoms with E-state index in [9.17, 15) is 0 Å². The molecule has 0 N–H and O–H groups in total. The lowest BCUT2D eigenvalue weighted by Gasteiger charge is -2.31. The number of nitrogens with zero attached hydrogens (tertiary/aromatic N) is 3. The molecule has 1 aromatic rings. The highest BCUT2D eigenvalue weighted by Crippen LogP contribution is 2.26. The van der Waals surface area contributed by atoms with Gasteiger partial charge in [0.05, 0.1) is 6.20 Å². The molecular weight excluding hydrogens is 206 g/mol. The Morgan fingerprint density at radius 2 is 2.08 bits per heavy atom. The fourth-order valence-corrected chi connectivity index (χ4v) is 2.34. The van der Waals surface area contributed by atoms with Crippen molar-refractivity contribution in [3.05, 3.63) is 10.5 Å². The molecule has 0 saturated carbocycles. The summed E-state index contributed by atoms with van der Waals surface area (Å²) in [7, 11) is 2.15. The highest BCUT2D eigenvalue weighted by atomic mass is 35.5. The van der Waals surface area contributed by atoms with E-state index in [0.29, 0.717) is 0 Å². The Morgan fingerprint density at radius 3 is 2.62 bits per heavy atom. The molecule has 1 aliphatic heterocycles. The highest BCUT2D eigenvalue weighted by molar-refractivity contribution is 7.19. The van der Waals surface area contributed by atoms with Crippen LogP contribution in [-0.4, -0.2) is 43.1 Å². The van der Waals surface area contributed by atoms with Crippen LogP contribution in [0.3, 0.4) is 0 Å². The van der Waals surface area contributed by atoms with Gasteiger partial charge in [0.1, 0.15) is 4.34 Å². The zero-order chi connectivity index (χ0) is 9.26. The van der Waals surface area contributed by atoms with E-state index >= 15 is 0 Å². The summed E-state index contributed by atoms with van der Waals surface area (Å²) in [6, 6.07) is 0. The number of thiazole rings is 1. The van der Waals surface area contributed by atoms with Crippen LogP contribution >= 0.6 is 22.9 Å². The molecule has 1 saturated heterocycles. The molecule has 3 nitrogen and oxygen atoms in total. The van der Waals surface area contributed by atoms with Crippen molar-refractivity contribution in [3.8, 4) is 0 Å². The lowest BCUT2D eigenvalue weighted by molar-refractivity contribution is 0.313. The number of hydrogen-bond donors (Lipinski definition) is 0. The van der Waals surface area contributed by atoms with Gasteiger partial charge in [0.2, 0.25) is 0 Å². The van der Waals surface area contributed by atoms with E-state index < -0.39 is 0 Å². The SMILES string of the molecule is CN1CCN(c2ncc(Cl)s2)CC1. The van der Waals surface area contributed by atoms with Crippen LogP contribution in [-0.2, 0) is 0 Å². The van der Waals surface area contributed by atoms with Gasteiger partial charge in [0, 0.05) is 26.2 Å². The predicted octanol–water partition coefficient (Wildman–Crippen LogP) is 1.55. The smallest absolute Gasteiger partial charge is 0.186 e. The van der Waals surface area contributed by atoms with Gasteiger partial charge in [-0.25, -0.2) is 4.98 Å². The Kier molecular flexibility index (Phi) is 2.71. The van der Waals surface area contributed by atoms with Crippen molar-refractivity contribution in [2.45, 2.75) is 0 Å². The van der Waals surface area contributed by atoms with Gasteiger partial charge in [0.25, 0.3) is 0 Å². The molecule has 0 aliphatic carbocycles. The molecule has 1 aromatic heterocycles. The second kappa shape index (κ2) is 3.82. The molecule has 2 heterocycles. The van der Waals surface area contributed by atoms with Crippen LogP contribution in [0.15, 0.2) is 6.20 Å². The summed E-state index contributed by atoms with van der Waals surface area (Å²) in [5, 5.41) is 1.05. The third-order valence-electron chi connectivity index (χ3n) is 2.24. The van der Waals surface area contributed by atoms with Crippen LogP contribution < -0.4 is 4.90 Å². The summed E-state index contributed by atoms with van der Waals surface area (Å²) in [5.74, 6) is 0. The van der Waals surface area contributed by atoms with E-state index in [1.54, 1.807) is 17.5 Å². The molecule has 2 rings (SSSR count). The minimum atomic E-state index is 0.772. The van der Waals surface area contributed by atoms with Crippen LogP contribution in [0, 0.1) is 0 Å². The van der Waals surface area contributed by atoms with Gasteiger partial charge in [-0.1, -0.05) is 22.9 Å². The van der Waals surface area contributed by atoms with Crippen molar-refractivity contribution in [1.29, 1.82) is 0 Å². The Labute approximate surface area is 86.9 Å². The normalized spacial score (nSPS) is 19.4. The van der Waals surface area contributed by atoms with Crippen LogP contribution in [0.4, 0.5) is 5.13 Å². The summed E-state index contributed by atoms with van der Waals surface area (Å²) in [6.07, 6.45) is 1.72. The fourth-order valence-electron chi connectivity index (χ4n) is 1.39. The third kappa shape index (κ3) is 2.13. The van der Waals surface area contributed by atoms with Crippen molar-refractivity contribution in [1.82, 2.24) is 9.88 Å². The van der Waals surface area contributed by atoms with Gasteiger partial charge >= 0.3 is 0 Å². The van der Waals surface area contributed by atoms with Crippen molar-refractivity contribution < 1.29 is 0 Å². The Balaban J connectivity index is 2.02. The second-order valence-electron chi connectivity index (χ2n) is 3.24. The van der Waals surface area contributed by atoms with Gasteiger partial charge in [-0.3, -0.25) is 0 Å². The first kappa shape index (κ1) is 9.24. The number of hydrogen-bond acceptors (Lipinski definition) is 4. The lowest BCUT2D eigenvalue weighted by atomic mass is 10.3. The molecule has 0 atom stereocenters. The van der Waals surface area contributed by atoms with E-state index in [2.05, 4.69) is 21.8 Å². The molecular formula is C8H12ClN3S. The molecule has 5 heteroatoms. The van der Waals surface area contributed by atoms with Gasteiger partial charge in [-0.2, -0.15) is 0 Å². The Bertz CT molecular complexity index is 281. The molecule has 0 amide bonds. The van der Waals surface area contributed by atoms with Crippen LogP contribution in [0.25, 0.3) is 0 Å². The summed E-state index contributed by atoms with van der Waals surface area (Å²) in [4.78, 5) is 8.87. The number of anilines is 1. The Hall–Kier alpha value is -0.320. The summed E-state index contributed by atoms with van der Waals surface area (Å²) >= 11 is 7.38. The number of rotatable bonds is 1. The van der Waals surface area contributed by atoms with Gasteiger partial charge in [0.15, 0.2) is 5.13 Å². The average Bonchev–Trinajstić information content (AvgIpc) is 2.53. The monoisotopic (exact) mass is 217 g/mol. The standard InChI is InChI=1S/C8H12ClN3S/c1-11-2-4-12(5-3-11)8-10-6-7(9)13-8/h6H,2-5H2,1H3. The topological polar surface area (TPSA) is 19.4 Å². The van der Waals surface area contributed by atoms with Crippen molar-refractivity contribution in [2.75, 3.05) is 38.1 Å². The molecule has 72 valence electrons. The minimum absolute atomic E-state index is 0.772. The van der Waals surface area contributed by atoms with Gasteiger partial charge in [-0.05, 0) is 7.05 Å². The average molecular weight is 218 g/mol. The predicted molar refractivity (Wildman–Crippen MR) is 56.8 cm³/mol. The molecule has 0 aromatic carbocycles. The van der Waals surface area contributed by atoms with Gasteiger partial charge < -0.3 is 9.80 Å². The molecule has 0 bridgehead atoms. The fraction of sp³-hybridized carbons (Fsp3) is 0.625. The summed E-state index contributed by atoms with van der Waals surface area (Å²) in [6.45, 7) is 4.33. The maximum atomic E-state index is 5.83. The number of aromatic nitrogens is 1. The van der Waals surface area contributed by atoms with E-state index in [1.807, 2.05) is 0 Å². The first-order valence-corrected chi connectivity index (χ1v) is 5.50. The number of likely N-dealkylation sites (N-methyl/N-ethyl adjacent to an activating group) is 1. The minimum Gasteiger partial charge on any atom is -0.345 e. The molecule has 1 aliphatic rings. The molecule has 0 spiro atoms. The Morgan fingerprint density at radius 1 is 1.38 bits per heavy atom. The van der Waals surface area contributed by atoms with Gasteiger partial charge in [-0.15, -0.1) is 0 Å². The second-order valence-corrected chi connectivity index (χ2v) is 4.88. The maximum absolute atomic E-state index is 5.83. The quantitative estimate of drug-likeness (QED) is 0.712. The molecule has 1 fully saturated rings. The summed E-state index contributed by atoms with van der Waals surface area (Å²) < 4.78 is 0.772. The molecule has 13 heavy (non-hydrogen) atoms. The zero-order valence-corrected chi connectivity index (χ0v) is 9.11. The third-order valence-corrected chi connectivity index (χ3v) is 3.41. The molecule has 0 unspecified atom stereocenters. The largest absolute Gasteiger partial charge is 0.345 e.